The average Bonchev–Trinajstić information content (AvgIpc) is 2.46. The van der Waals surface area contributed by atoms with Crippen molar-refractivity contribution < 1.29 is 4.79 Å². The van der Waals surface area contributed by atoms with Gasteiger partial charge >= 0.3 is 0 Å². The molecule has 0 bridgehead atoms. The van der Waals surface area contributed by atoms with E-state index in [1.165, 1.54) is 11.1 Å². The molecule has 19 heavy (non-hydrogen) atoms. The SMILES string of the molecule is Cc1ccc(/C=C/C2CCN(C(=O)CCl)CC2)cc1. The number of rotatable bonds is 3. The van der Waals surface area contributed by atoms with Gasteiger partial charge in [0, 0.05) is 13.1 Å². The summed E-state index contributed by atoms with van der Waals surface area (Å²) in [6, 6.07) is 8.53. The van der Waals surface area contributed by atoms with E-state index in [9.17, 15) is 4.79 Å². The maximum Gasteiger partial charge on any atom is 0.237 e. The second-order valence-electron chi connectivity index (χ2n) is 5.12. The molecule has 2 nitrogen and oxygen atoms in total. The summed E-state index contributed by atoms with van der Waals surface area (Å²) in [5, 5.41) is 0. The molecule has 0 N–H and O–H groups in total. The predicted octanol–water partition coefficient (Wildman–Crippen LogP) is 3.49. The number of allylic oxidation sites excluding steroid dienone is 1. The molecule has 0 aromatic heterocycles. The summed E-state index contributed by atoms with van der Waals surface area (Å²) in [5.74, 6) is 0.729. The quantitative estimate of drug-likeness (QED) is 0.775. The molecule has 1 amide bonds. The maximum absolute atomic E-state index is 11.5. The van der Waals surface area contributed by atoms with Crippen LogP contribution in [0.2, 0.25) is 0 Å². The van der Waals surface area contributed by atoms with Crippen LogP contribution in [-0.4, -0.2) is 29.8 Å². The van der Waals surface area contributed by atoms with Gasteiger partial charge in [0.05, 0.1) is 0 Å². The summed E-state index contributed by atoms with van der Waals surface area (Å²) in [7, 11) is 0. The number of piperidine rings is 1. The van der Waals surface area contributed by atoms with E-state index in [1.807, 2.05) is 4.90 Å². The van der Waals surface area contributed by atoms with E-state index in [-0.39, 0.29) is 11.8 Å². The van der Waals surface area contributed by atoms with Crippen LogP contribution in [0, 0.1) is 12.8 Å². The number of carbonyl (C=O) groups excluding carboxylic acids is 1. The molecule has 0 radical (unpaired) electrons. The zero-order valence-corrected chi connectivity index (χ0v) is 12.1. The highest BCUT2D eigenvalue weighted by atomic mass is 35.5. The Kier molecular flexibility index (Phi) is 5.03. The van der Waals surface area contributed by atoms with E-state index in [1.54, 1.807) is 0 Å². The topological polar surface area (TPSA) is 20.3 Å². The van der Waals surface area contributed by atoms with Gasteiger partial charge in [-0.3, -0.25) is 4.79 Å². The first-order valence-corrected chi connectivity index (χ1v) is 7.31. The van der Waals surface area contributed by atoms with Crippen molar-refractivity contribution >= 4 is 23.6 Å². The molecule has 0 aliphatic carbocycles. The van der Waals surface area contributed by atoms with Gasteiger partial charge in [-0.25, -0.2) is 0 Å². The third-order valence-corrected chi connectivity index (χ3v) is 3.87. The number of halogens is 1. The molecule has 1 aromatic carbocycles. The number of aryl methyl sites for hydroxylation is 1. The summed E-state index contributed by atoms with van der Waals surface area (Å²) >= 11 is 5.57. The molecule has 2 rings (SSSR count). The molecule has 1 aliphatic heterocycles. The highest BCUT2D eigenvalue weighted by molar-refractivity contribution is 6.27. The first-order chi connectivity index (χ1) is 9.19. The van der Waals surface area contributed by atoms with Crippen molar-refractivity contribution in [2.24, 2.45) is 5.92 Å². The van der Waals surface area contributed by atoms with E-state index in [0.717, 1.165) is 25.9 Å². The number of alkyl halides is 1. The highest BCUT2D eigenvalue weighted by Gasteiger charge is 2.20. The minimum absolute atomic E-state index is 0.0580. The highest BCUT2D eigenvalue weighted by Crippen LogP contribution is 2.20. The van der Waals surface area contributed by atoms with Gasteiger partial charge < -0.3 is 4.90 Å². The Balaban J connectivity index is 1.85. The van der Waals surface area contributed by atoms with Gasteiger partial charge in [-0.2, -0.15) is 0 Å². The lowest BCUT2D eigenvalue weighted by atomic mass is 9.95. The summed E-state index contributed by atoms with van der Waals surface area (Å²) in [5.41, 5.74) is 2.52. The fourth-order valence-electron chi connectivity index (χ4n) is 2.35. The summed E-state index contributed by atoms with van der Waals surface area (Å²) < 4.78 is 0. The van der Waals surface area contributed by atoms with Gasteiger partial charge in [-0.15, -0.1) is 11.6 Å². The maximum atomic E-state index is 11.5. The fraction of sp³-hybridized carbons (Fsp3) is 0.438. The van der Waals surface area contributed by atoms with Crippen LogP contribution in [0.1, 0.15) is 24.0 Å². The summed E-state index contributed by atoms with van der Waals surface area (Å²) in [6.07, 6.45) is 6.52. The Labute approximate surface area is 120 Å². The number of likely N-dealkylation sites (tertiary alicyclic amines) is 1. The molecule has 1 aromatic rings. The van der Waals surface area contributed by atoms with Gasteiger partial charge in [-0.05, 0) is 31.2 Å². The molecule has 1 fully saturated rings. The van der Waals surface area contributed by atoms with Crippen molar-refractivity contribution in [3.05, 3.63) is 41.5 Å². The summed E-state index contributed by atoms with van der Waals surface area (Å²) in [6.45, 7) is 3.75. The number of hydrogen-bond acceptors (Lipinski definition) is 1. The van der Waals surface area contributed by atoms with Gasteiger partial charge in [0.15, 0.2) is 0 Å². The number of amides is 1. The van der Waals surface area contributed by atoms with Crippen LogP contribution in [0.3, 0.4) is 0 Å². The van der Waals surface area contributed by atoms with Crippen molar-refractivity contribution in [1.29, 1.82) is 0 Å². The first-order valence-electron chi connectivity index (χ1n) is 6.77. The van der Waals surface area contributed by atoms with Crippen LogP contribution in [0.5, 0.6) is 0 Å². The molecule has 3 heteroatoms. The fourth-order valence-corrected chi connectivity index (χ4v) is 2.52. The molecule has 1 aliphatic rings. The van der Waals surface area contributed by atoms with Crippen molar-refractivity contribution in [3.63, 3.8) is 0 Å². The van der Waals surface area contributed by atoms with E-state index in [2.05, 4.69) is 43.3 Å². The Bertz CT molecular complexity index is 444. The Hall–Kier alpha value is -1.28. The molecule has 1 saturated heterocycles. The van der Waals surface area contributed by atoms with Crippen LogP contribution in [-0.2, 0) is 4.79 Å². The zero-order chi connectivity index (χ0) is 13.7. The normalized spacial score (nSPS) is 17.1. The second kappa shape index (κ2) is 6.76. The number of carbonyl (C=O) groups is 1. The lowest BCUT2D eigenvalue weighted by molar-refractivity contribution is -0.129. The molecular weight excluding hydrogens is 258 g/mol. The minimum atomic E-state index is 0.0580. The van der Waals surface area contributed by atoms with E-state index < -0.39 is 0 Å². The Morgan fingerprint density at radius 3 is 2.53 bits per heavy atom. The van der Waals surface area contributed by atoms with Crippen LogP contribution in [0.25, 0.3) is 6.08 Å². The molecule has 1 heterocycles. The molecule has 0 spiro atoms. The van der Waals surface area contributed by atoms with Crippen molar-refractivity contribution in [2.45, 2.75) is 19.8 Å². The minimum Gasteiger partial charge on any atom is -0.342 e. The van der Waals surface area contributed by atoms with Gasteiger partial charge in [0.1, 0.15) is 5.88 Å². The van der Waals surface area contributed by atoms with Crippen LogP contribution >= 0.6 is 11.6 Å². The third-order valence-electron chi connectivity index (χ3n) is 3.64. The van der Waals surface area contributed by atoms with Gasteiger partial charge in [0.25, 0.3) is 0 Å². The van der Waals surface area contributed by atoms with Crippen LogP contribution < -0.4 is 0 Å². The first kappa shape index (κ1) is 14.1. The zero-order valence-electron chi connectivity index (χ0n) is 11.3. The van der Waals surface area contributed by atoms with Crippen LogP contribution in [0.15, 0.2) is 30.3 Å². The number of nitrogens with zero attached hydrogens (tertiary/aromatic N) is 1. The second-order valence-corrected chi connectivity index (χ2v) is 5.39. The van der Waals surface area contributed by atoms with E-state index in [4.69, 9.17) is 11.6 Å². The van der Waals surface area contributed by atoms with Gasteiger partial charge in [-0.1, -0.05) is 42.0 Å². The average molecular weight is 278 g/mol. The van der Waals surface area contributed by atoms with Crippen molar-refractivity contribution in [2.75, 3.05) is 19.0 Å². The Morgan fingerprint density at radius 1 is 1.32 bits per heavy atom. The number of hydrogen-bond donors (Lipinski definition) is 0. The van der Waals surface area contributed by atoms with Gasteiger partial charge in [0.2, 0.25) is 5.91 Å². The standard InChI is InChI=1S/C16H20ClNO/c1-13-2-4-14(5-3-13)6-7-15-8-10-18(11-9-15)16(19)12-17/h2-7,15H,8-12H2,1H3/b7-6+. The largest absolute Gasteiger partial charge is 0.342 e. The van der Waals surface area contributed by atoms with E-state index in [0.29, 0.717) is 5.92 Å². The number of benzene rings is 1. The molecule has 0 atom stereocenters. The van der Waals surface area contributed by atoms with E-state index >= 15 is 0 Å². The smallest absolute Gasteiger partial charge is 0.237 e. The predicted molar refractivity (Wildman–Crippen MR) is 80.2 cm³/mol. The monoisotopic (exact) mass is 277 g/mol. The molecule has 0 unspecified atom stereocenters. The van der Waals surface area contributed by atoms with Crippen LogP contribution in [0.4, 0.5) is 0 Å². The summed E-state index contributed by atoms with van der Waals surface area (Å²) in [4.78, 5) is 13.3. The molecular formula is C16H20ClNO. The van der Waals surface area contributed by atoms with Crippen molar-refractivity contribution in [3.8, 4) is 0 Å². The lowest BCUT2D eigenvalue weighted by Gasteiger charge is -2.30. The lowest BCUT2D eigenvalue weighted by Crippen LogP contribution is -2.38. The third kappa shape index (κ3) is 4.10. The Morgan fingerprint density at radius 2 is 1.95 bits per heavy atom. The molecule has 0 saturated carbocycles. The molecule has 102 valence electrons. The van der Waals surface area contributed by atoms with Crippen molar-refractivity contribution in [1.82, 2.24) is 4.90 Å².